The molecule has 0 bridgehead atoms. The third kappa shape index (κ3) is 7.80. The number of unbranched alkanes of at least 4 members (excludes halogenated alkanes) is 2. The minimum Gasteiger partial charge on any atom is -0.390 e. The maximum atomic E-state index is 9.78. The van der Waals surface area contributed by atoms with Crippen LogP contribution in [0, 0.1) is 0 Å². The predicted octanol–water partition coefficient (Wildman–Crippen LogP) is 3.26. The molecule has 0 rings (SSSR count). The molecule has 0 aliphatic heterocycles. The lowest BCUT2D eigenvalue weighted by atomic mass is 9.92. The lowest BCUT2D eigenvalue weighted by molar-refractivity contribution is 0.0373. The average molecular weight is 216 g/mol. The Morgan fingerprint density at radius 1 is 0.733 bits per heavy atom. The summed E-state index contributed by atoms with van der Waals surface area (Å²) in [5.74, 6) is 0. The van der Waals surface area contributed by atoms with Gasteiger partial charge in [-0.1, -0.05) is 33.1 Å². The predicted molar refractivity (Wildman–Crippen MR) is 64.9 cm³/mol. The van der Waals surface area contributed by atoms with Gasteiger partial charge in [0.1, 0.15) is 0 Å². The van der Waals surface area contributed by atoms with E-state index in [4.69, 9.17) is 0 Å². The van der Waals surface area contributed by atoms with E-state index in [0.717, 1.165) is 44.9 Å². The molecule has 0 aromatic heterocycles. The number of hydrogen-bond acceptors (Lipinski definition) is 2. The fraction of sp³-hybridized carbons (Fsp3) is 1.00. The van der Waals surface area contributed by atoms with Crippen molar-refractivity contribution in [3.63, 3.8) is 0 Å². The fourth-order valence-electron chi connectivity index (χ4n) is 1.54. The van der Waals surface area contributed by atoms with Crippen LogP contribution in [-0.2, 0) is 0 Å². The van der Waals surface area contributed by atoms with E-state index in [0.29, 0.717) is 0 Å². The van der Waals surface area contributed by atoms with E-state index < -0.39 is 11.2 Å². The number of rotatable bonds is 8. The largest absolute Gasteiger partial charge is 0.390 e. The summed E-state index contributed by atoms with van der Waals surface area (Å²) in [6.07, 6.45) is 6.60. The SMILES string of the molecule is CCC(C)(O)CCCCCC(C)(O)CC. The standard InChI is InChI=1S/C13H28O2/c1-5-12(3,14)10-8-7-9-11-13(4,15)6-2/h14-15H,5-11H2,1-4H3. The van der Waals surface area contributed by atoms with Crippen LogP contribution in [0.1, 0.15) is 72.6 Å². The van der Waals surface area contributed by atoms with Crippen molar-refractivity contribution in [3.8, 4) is 0 Å². The lowest BCUT2D eigenvalue weighted by Gasteiger charge is -2.22. The van der Waals surface area contributed by atoms with Gasteiger partial charge in [0, 0.05) is 0 Å². The van der Waals surface area contributed by atoms with Gasteiger partial charge in [-0.25, -0.2) is 0 Å². The molecule has 2 heteroatoms. The summed E-state index contributed by atoms with van der Waals surface area (Å²) in [7, 11) is 0. The quantitative estimate of drug-likeness (QED) is 0.611. The van der Waals surface area contributed by atoms with Gasteiger partial charge in [0.25, 0.3) is 0 Å². The molecule has 0 saturated carbocycles. The molecule has 0 radical (unpaired) electrons. The van der Waals surface area contributed by atoms with Gasteiger partial charge in [0.2, 0.25) is 0 Å². The molecule has 0 spiro atoms. The van der Waals surface area contributed by atoms with Crippen LogP contribution in [0.5, 0.6) is 0 Å². The first-order chi connectivity index (χ1) is 6.83. The highest BCUT2D eigenvalue weighted by molar-refractivity contribution is 4.72. The molecule has 92 valence electrons. The van der Waals surface area contributed by atoms with Gasteiger partial charge in [-0.2, -0.15) is 0 Å². The van der Waals surface area contributed by atoms with Crippen LogP contribution in [0.4, 0.5) is 0 Å². The minimum absolute atomic E-state index is 0.493. The summed E-state index contributed by atoms with van der Waals surface area (Å²) in [5, 5.41) is 19.6. The van der Waals surface area contributed by atoms with Crippen LogP contribution in [0.3, 0.4) is 0 Å². The van der Waals surface area contributed by atoms with Crippen LogP contribution in [0.25, 0.3) is 0 Å². The zero-order valence-corrected chi connectivity index (χ0v) is 10.8. The third-order valence-electron chi connectivity index (χ3n) is 3.45. The van der Waals surface area contributed by atoms with E-state index in [9.17, 15) is 10.2 Å². The van der Waals surface area contributed by atoms with Crippen molar-refractivity contribution in [2.75, 3.05) is 0 Å². The molecule has 0 fully saturated rings. The van der Waals surface area contributed by atoms with Crippen molar-refractivity contribution in [1.82, 2.24) is 0 Å². The molecule has 0 heterocycles. The van der Waals surface area contributed by atoms with Gasteiger partial charge in [0.05, 0.1) is 11.2 Å². The highest BCUT2D eigenvalue weighted by atomic mass is 16.3. The molecule has 2 N–H and O–H groups in total. The second kappa shape index (κ2) is 6.49. The van der Waals surface area contributed by atoms with Crippen LogP contribution in [0.2, 0.25) is 0 Å². The van der Waals surface area contributed by atoms with E-state index in [2.05, 4.69) is 0 Å². The van der Waals surface area contributed by atoms with Crippen LogP contribution < -0.4 is 0 Å². The second-order valence-corrected chi connectivity index (χ2v) is 5.26. The maximum absolute atomic E-state index is 9.78. The Morgan fingerprint density at radius 3 is 1.33 bits per heavy atom. The van der Waals surface area contributed by atoms with Crippen molar-refractivity contribution < 1.29 is 10.2 Å². The van der Waals surface area contributed by atoms with Crippen molar-refractivity contribution in [3.05, 3.63) is 0 Å². The molecule has 0 aliphatic carbocycles. The summed E-state index contributed by atoms with van der Waals surface area (Å²) in [5.41, 5.74) is -0.986. The van der Waals surface area contributed by atoms with E-state index in [1.807, 2.05) is 27.7 Å². The molecule has 0 aromatic carbocycles. The Labute approximate surface area is 94.7 Å². The molecule has 0 aliphatic rings. The third-order valence-corrected chi connectivity index (χ3v) is 3.45. The lowest BCUT2D eigenvalue weighted by Crippen LogP contribution is -2.23. The van der Waals surface area contributed by atoms with Crippen LogP contribution in [0.15, 0.2) is 0 Å². The summed E-state index contributed by atoms with van der Waals surface area (Å²) in [6, 6.07) is 0. The van der Waals surface area contributed by atoms with Gasteiger partial charge >= 0.3 is 0 Å². The average Bonchev–Trinajstić information content (AvgIpc) is 2.17. The summed E-state index contributed by atoms with van der Waals surface area (Å²) < 4.78 is 0. The first kappa shape index (κ1) is 14.9. The Balaban J connectivity index is 3.48. The zero-order valence-electron chi connectivity index (χ0n) is 10.8. The Kier molecular flexibility index (Phi) is 6.46. The maximum Gasteiger partial charge on any atom is 0.0617 e. The highest BCUT2D eigenvalue weighted by Gasteiger charge is 2.18. The van der Waals surface area contributed by atoms with Gasteiger partial charge < -0.3 is 10.2 Å². The monoisotopic (exact) mass is 216 g/mol. The van der Waals surface area contributed by atoms with Crippen LogP contribution >= 0.6 is 0 Å². The van der Waals surface area contributed by atoms with E-state index in [1.54, 1.807) is 0 Å². The minimum atomic E-state index is -0.493. The zero-order chi connectivity index (χ0) is 11.9. The van der Waals surface area contributed by atoms with Crippen molar-refractivity contribution in [1.29, 1.82) is 0 Å². The molecule has 0 amide bonds. The van der Waals surface area contributed by atoms with E-state index in [1.165, 1.54) is 0 Å². The highest BCUT2D eigenvalue weighted by Crippen LogP contribution is 2.21. The van der Waals surface area contributed by atoms with Crippen molar-refractivity contribution in [2.45, 2.75) is 83.8 Å². The molecular weight excluding hydrogens is 188 g/mol. The fourth-order valence-corrected chi connectivity index (χ4v) is 1.54. The van der Waals surface area contributed by atoms with Gasteiger partial charge in [-0.15, -0.1) is 0 Å². The van der Waals surface area contributed by atoms with Crippen LogP contribution in [-0.4, -0.2) is 21.4 Å². The summed E-state index contributed by atoms with van der Waals surface area (Å²) >= 11 is 0. The first-order valence-corrected chi connectivity index (χ1v) is 6.28. The van der Waals surface area contributed by atoms with Gasteiger partial charge in [0.15, 0.2) is 0 Å². The molecular formula is C13H28O2. The Morgan fingerprint density at radius 2 is 1.07 bits per heavy atom. The van der Waals surface area contributed by atoms with Gasteiger partial charge in [-0.3, -0.25) is 0 Å². The Hall–Kier alpha value is -0.0800. The molecule has 0 aromatic rings. The van der Waals surface area contributed by atoms with Crippen molar-refractivity contribution >= 4 is 0 Å². The summed E-state index contributed by atoms with van der Waals surface area (Å²) in [6.45, 7) is 7.83. The topological polar surface area (TPSA) is 40.5 Å². The molecule has 0 saturated heterocycles. The van der Waals surface area contributed by atoms with E-state index in [-0.39, 0.29) is 0 Å². The number of aliphatic hydroxyl groups is 2. The van der Waals surface area contributed by atoms with Crippen molar-refractivity contribution in [2.24, 2.45) is 0 Å². The normalized spacial score (nSPS) is 19.6. The Bertz CT molecular complexity index is 144. The van der Waals surface area contributed by atoms with E-state index >= 15 is 0 Å². The molecule has 2 atom stereocenters. The smallest absolute Gasteiger partial charge is 0.0617 e. The molecule has 15 heavy (non-hydrogen) atoms. The van der Waals surface area contributed by atoms with Gasteiger partial charge in [-0.05, 0) is 39.5 Å². The summed E-state index contributed by atoms with van der Waals surface area (Å²) in [4.78, 5) is 0. The molecule has 2 unspecified atom stereocenters. The molecule has 2 nitrogen and oxygen atoms in total. The first-order valence-electron chi connectivity index (χ1n) is 6.28. The second-order valence-electron chi connectivity index (χ2n) is 5.26. The number of hydrogen-bond donors (Lipinski definition) is 2.